The van der Waals surface area contributed by atoms with Gasteiger partial charge in [0.2, 0.25) is 0 Å². The fraction of sp³-hybridized carbons (Fsp3) is 0. The van der Waals surface area contributed by atoms with E-state index in [0.29, 0.717) is 5.06 Å². The zero-order chi connectivity index (χ0) is 13.7. The van der Waals surface area contributed by atoms with Crippen LogP contribution in [0.2, 0.25) is 0 Å². The smallest absolute Gasteiger partial charge is 0.167 e. The lowest BCUT2D eigenvalue weighted by atomic mass is 10.2. The van der Waals surface area contributed by atoms with Crippen LogP contribution < -0.4 is 9.80 Å². The Hall–Kier alpha value is -2.54. The largest absolute Gasteiger partial charge is 0.505 e. The number of hydrogen-bond acceptors (Lipinski definition) is 5. The van der Waals surface area contributed by atoms with Gasteiger partial charge in [-0.15, -0.1) is 0 Å². The van der Waals surface area contributed by atoms with E-state index in [-0.39, 0.29) is 22.9 Å². The monoisotopic (exact) mass is 267 g/mol. The highest BCUT2D eigenvalue weighted by molar-refractivity contribution is 5.77. The summed E-state index contributed by atoms with van der Waals surface area (Å²) >= 11 is 0. The fourth-order valence-electron chi connectivity index (χ4n) is 1.81. The van der Waals surface area contributed by atoms with Crippen LogP contribution in [0.3, 0.4) is 0 Å². The number of phenolic OH excluding ortho intramolecular Hbond substituents is 2. The topological polar surface area (TPSA) is 73.2 Å². The van der Waals surface area contributed by atoms with Gasteiger partial charge in [-0.1, -0.05) is 0 Å². The van der Waals surface area contributed by atoms with Crippen molar-refractivity contribution < 1.29 is 28.9 Å². The second-order valence-corrected chi connectivity index (χ2v) is 3.96. The summed E-state index contributed by atoms with van der Waals surface area (Å²) < 4.78 is 31.7. The normalized spacial score (nSPS) is 12.7. The zero-order valence-electron chi connectivity index (χ0n) is 9.26. The minimum Gasteiger partial charge on any atom is -0.505 e. The van der Waals surface area contributed by atoms with Gasteiger partial charge in [0.15, 0.2) is 34.6 Å². The second-order valence-electron chi connectivity index (χ2n) is 3.96. The molecule has 0 saturated carbocycles. The maximum Gasteiger partial charge on any atom is 0.167 e. The van der Waals surface area contributed by atoms with E-state index in [0.717, 1.165) is 24.3 Å². The maximum atomic E-state index is 13.2. The van der Waals surface area contributed by atoms with E-state index >= 15 is 0 Å². The van der Waals surface area contributed by atoms with Crippen LogP contribution in [-0.4, -0.2) is 15.4 Å². The number of rotatable bonds is 0. The number of ether oxygens (including phenoxy) is 1. The predicted molar refractivity (Wildman–Crippen MR) is 60.1 cm³/mol. The Morgan fingerprint density at radius 1 is 0.842 bits per heavy atom. The third kappa shape index (κ3) is 1.63. The van der Waals surface area contributed by atoms with E-state index in [9.17, 15) is 24.2 Å². The highest BCUT2D eigenvalue weighted by atomic mass is 19.1. The van der Waals surface area contributed by atoms with Crippen LogP contribution in [0.4, 0.5) is 20.2 Å². The van der Waals surface area contributed by atoms with Crippen molar-refractivity contribution in [3.05, 3.63) is 35.9 Å². The Kier molecular flexibility index (Phi) is 2.26. The van der Waals surface area contributed by atoms with E-state index < -0.39 is 23.1 Å². The highest BCUT2D eigenvalue weighted by Crippen LogP contribution is 2.48. The van der Waals surface area contributed by atoms with Crippen LogP contribution in [0.1, 0.15) is 0 Å². The van der Waals surface area contributed by atoms with Gasteiger partial charge in [-0.3, -0.25) is 5.21 Å². The van der Waals surface area contributed by atoms with E-state index in [2.05, 4.69) is 0 Å². The van der Waals surface area contributed by atoms with Gasteiger partial charge in [0, 0.05) is 24.3 Å². The lowest BCUT2D eigenvalue weighted by Gasteiger charge is -2.27. The van der Waals surface area contributed by atoms with E-state index in [1.54, 1.807) is 0 Å². The summed E-state index contributed by atoms with van der Waals surface area (Å²) in [6.07, 6.45) is 0. The average Bonchev–Trinajstić information content (AvgIpc) is 2.35. The van der Waals surface area contributed by atoms with Crippen molar-refractivity contribution in [2.75, 3.05) is 5.06 Å². The van der Waals surface area contributed by atoms with Crippen LogP contribution >= 0.6 is 0 Å². The van der Waals surface area contributed by atoms with E-state index in [1.807, 2.05) is 0 Å². The van der Waals surface area contributed by atoms with Gasteiger partial charge < -0.3 is 14.9 Å². The van der Waals surface area contributed by atoms with Crippen molar-refractivity contribution in [1.82, 2.24) is 0 Å². The van der Waals surface area contributed by atoms with Crippen LogP contribution in [0.5, 0.6) is 23.0 Å². The predicted octanol–water partition coefficient (Wildman–Crippen LogP) is 3.01. The van der Waals surface area contributed by atoms with E-state index in [4.69, 9.17) is 4.74 Å². The summed E-state index contributed by atoms with van der Waals surface area (Å²) in [7, 11) is 0. The van der Waals surface area contributed by atoms with Gasteiger partial charge in [-0.2, -0.15) is 0 Å². The number of anilines is 2. The number of fused-ring (bicyclic) bond motifs is 2. The Morgan fingerprint density at radius 2 is 1.26 bits per heavy atom. The first-order valence-corrected chi connectivity index (χ1v) is 5.19. The summed E-state index contributed by atoms with van der Waals surface area (Å²) in [5, 5.41) is 28.9. The first-order chi connectivity index (χ1) is 8.97. The number of nitrogens with zero attached hydrogens (tertiary/aromatic N) is 1. The molecule has 3 N–H and O–H groups in total. The molecule has 0 fully saturated rings. The Morgan fingerprint density at radius 3 is 1.68 bits per heavy atom. The molecule has 2 aromatic carbocycles. The van der Waals surface area contributed by atoms with Crippen LogP contribution in [0.15, 0.2) is 24.3 Å². The van der Waals surface area contributed by atoms with Gasteiger partial charge in [-0.05, 0) is 0 Å². The molecule has 0 saturated heterocycles. The lowest BCUT2D eigenvalue weighted by Crippen LogP contribution is -2.17. The molecule has 19 heavy (non-hydrogen) atoms. The molecule has 1 aliphatic heterocycles. The molecule has 0 radical (unpaired) electrons. The number of halogens is 2. The molecule has 98 valence electrons. The van der Waals surface area contributed by atoms with Crippen molar-refractivity contribution in [2.24, 2.45) is 0 Å². The van der Waals surface area contributed by atoms with Gasteiger partial charge in [0.05, 0.1) is 0 Å². The molecule has 0 unspecified atom stereocenters. The fourth-order valence-corrected chi connectivity index (χ4v) is 1.81. The molecule has 1 heterocycles. The number of phenols is 2. The minimum absolute atomic E-state index is 0.0279. The highest BCUT2D eigenvalue weighted by Gasteiger charge is 2.27. The molecule has 7 heteroatoms. The van der Waals surface area contributed by atoms with Crippen LogP contribution in [0, 0.1) is 11.6 Å². The lowest BCUT2D eigenvalue weighted by molar-refractivity contribution is 0.282. The van der Waals surface area contributed by atoms with Crippen molar-refractivity contribution >= 4 is 11.4 Å². The Balaban J connectivity index is 2.20. The standard InChI is InChI=1S/C12H7F2NO4/c13-5-1-7-11(3-9(5)16)19-12-4-10(17)6(14)2-8(12)15(7)18/h1-4,16-18H. The molecule has 0 amide bonds. The molecule has 0 aliphatic carbocycles. The molecular weight excluding hydrogens is 260 g/mol. The van der Waals surface area contributed by atoms with Crippen molar-refractivity contribution in [3.8, 4) is 23.0 Å². The second kappa shape index (κ2) is 3.72. The first kappa shape index (κ1) is 11.5. The summed E-state index contributed by atoms with van der Waals surface area (Å²) in [5.74, 6) is -3.27. The molecule has 5 nitrogen and oxygen atoms in total. The number of aromatic hydroxyl groups is 2. The SMILES string of the molecule is Oc1cc2c(cc1F)N(O)c1cc(F)c(O)cc1O2. The summed E-state index contributed by atoms with van der Waals surface area (Å²) in [6, 6.07) is 3.63. The molecule has 1 aliphatic rings. The Bertz CT molecular complexity index is 632. The van der Waals surface area contributed by atoms with Gasteiger partial charge >= 0.3 is 0 Å². The van der Waals surface area contributed by atoms with Gasteiger partial charge in [0.25, 0.3) is 0 Å². The first-order valence-electron chi connectivity index (χ1n) is 5.19. The van der Waals surface area contributed by atoms with E-state index in [1.165, 1.54) is 0 Å². The number of benzene rings is 2. The molecule has 0 spiro atoms. The van der Waals surface area contributed by atoms with Crippen LogP contribution in [-0.2, 0) is 0 Å². The van der Waals surface area contributed by atoms with Gasteiger partial charge in [0.1, 0.15) is 11.4 Å². The van der Waals surface area contributed by atoms with Gasteiger partial charge in [-0.25, -0.2) is 13.8 Å². The Labute approximate surface area is 105 Å². The average molecular weight is 267 g/mol. The van der Waals surface area contributed by atoms with Crippen molar-refractivity contribution in [2.45, 2.75) is 0 Å². The summed E-state index contributed by atoms with van der Waals surface area (Å²) in [4.78, 5) is 0. The summed E-state index contributed by atoms with van der Waals surface area (Å²) in [5.41, 5.74) is -0.180. The van der Waals surface area contributed by atoms with Crippen LogP contribution in [0.25, 0.3) is 0 Å². The quantitative estimate of drug-likeness (QED) is 0.684. The third-order valence-corrected chi connectivity index (χ3v) is 2.73. The minimum atomic E-state index is -0.955. The van der Waals surface area contributed by atoms with Crippen molar-refractivity contribution in [1.29, 1.82) is 0 Å². The third-order valence-electron chi connectivity index (χ3n) is 2.73. The molecule has 0 bridgehead atoms. The summed E-state index contributed by atoms with van der Waals surface area (Å²) in [6.45, 7) is 0. The maximum absolute atomic E-state index is 13.2. The number of hydrogen-bond donors (Lipinski definition) is 3. The molecular formula is C12H7F2NO4. The molecule has 2 aromatic rings. The molecule has 0 atom stereocenters. The zero-order valence-corrected chi connectivity index (χ0v) is 9.26. The van der Waals surface area contributed by atoms with Crippen molar-refractivity contribution in [3.63, 3.8) is 0 Å². The molecule has 3 rings (SSSR count). The molecule has 0 aromatic heterocycles.